The molecule has 1 saturated heterocycles. The number of benzene rings is 1. The summed E-state index contributed by atoms with van der Waals surface area (Å²) in [4.78, 5) is 45.2. The van der Waals surface area contributed by atoms with Crippen molar-refractivity contribution in [1.29, 1.82) is 0 Å². The molecule has 1 aliphatic heterocycles. The van der Waals surface area contributed by atoms with Gasteiger partial charge in [0.25, 0.3) is 9.84 Å². The molecule has 3 amide bonds. The molecule has 0 saturated carbocycles. The Morgan fingerprint density at radius 2 is 1.57 bits per heavy atom. The van der Waals surface area contributed by atoms with Gasteiger partial charge in [0.1, 0.15) is 0 Å². The predicted molar refractivity (Wildman–Crippen MR) is 102 cm³/mol. The van der Waals surface area contributed by atoms with Gasteiger partial charge in [-0.25, -0.2) is 18.0 Å². The lowest BCUT2D eigenvalue weighted by Gasteiger charge is -2.29. The largest absolute Gasteiger partial charge is 0.501 e. The summed E-state index contributed by atoms with van der Waals surface area (Å²) in [5.74, 6) is -3.90. The van der Waals surface area contributed by atoms with Crippen LogP contribution in [0.25, 0.3) is 0 Å². The normalized spacial score (nSPS) is 21.3. The maximum Gasteiger partial charge on any atom is 0.501 e. The molecule has 2 atom stereocenters. The van der Waals surface area contributed by atoms with E-state index in [1.165, 1.54) is 24.5 Å². The monoisotopic (exact) mass is 526 g/mol. The van der Waals surface area contributed by atoms with Crippen molar-refractivity contribution in [3.05, 3.63) is 54.4 Å². The topological polar surface area (TPSA) is 111 Å². The Bertz CT molecular complexity index is 1260. The van der Waals surface area contributed by atoms with E-state index in [4.69, 9.17) is 0 Å². The summed E-state index contributed by atoms with van der Waals surface area (Å²) in [6.45, 7) is 0.306. The van der Waals surface area contributed by atoms with Gasteiger partial charge in [0.15, 0.2) is 6.54 Å². The van der Waals surface area contributed by atoms with Crippen LogP contribution in [-0.4, -0.2) is 53.7 Å². The molecule has 1 aromatic carbocycles. The average molecular weight is 526 g/mol. The summed E-state index contributed by atoms with van der Waals surface area (Å²) in [6.07, 6.45) is -3.04. The van der Waals surface area contributed by atoms with Gasteiger partial charge in [0.2, 0.25) is 6.04 Å². The molecular formula is C19H14F6N3O6S+. The Labute approximate surface area is 193 Å². The van der Waals surface area contributed by atoms with Gasteiger partial charge in [-0.1, -0.05) is 0 Å². The Kier molecular flexibility index (Phi) is 6.41. The second-order valence-corrected chi connectivity index (χ2v) is 9.20. The van der Waals surface area contributed by atoms with Crippen molar-refractivity contribution in [3.63, 3.8) is 0 Å². The fourth-order valence-corrected chi connectivity index (χ4v) is 4.02. The number of aromatic nitrogens is 1. The van der Waals surface area contributed by atoms with Gasteiger partial charge in [-0.15, -0.1) is 0 Å². The number of anilines is 1. The number of amides is 3. The van der Waals surface area contributed by atoms with Gasteiger partial charge in [-0.2, -0.15) is 31.2 Å². The molecule has 0 bridgehead atoms. The van der Waals surface area contributed by atoms with Gasteiger partial charge >= 0.3 is 29.6 Å². The molecule has 3 rings (SSSR count). The number of urea groups is 1. The number of halogens is 6. The fourth-order valence-electron chi connectivity index (χ4n) is 3.25. The second kappa shape index (κ2) is 8.60. The highest BCUT2D eigenvalue weighted by Gasteiger charge is 2.65. The molecule has 0 N–H and O–H groups in total. The van der Waals surface area contributed by atoms with E-state index in [-0.39, 0.29) is 5.56 Å². The third kappa shape index (κ3) is 4.58. The molecule has 188 valence electrons. The first-order valence-corrected chi connectivity index (χ1v) is 10.9. The Hall–Kier alpha value is -3.53. The van der Waals surface area contributed by atoms with Crippen molar-refractivity contribution in [2.75, 3.05) is 4.90 Å². The summed E-state index contributed by atoms with van der Waals surface area (Å²) in [5.41, 5.74) is -5.91. The van der Waals surface area contributed by atoms with E-state index in [0.717, 1.165) is 6.92 Å². The minimum atomic E-state index is -5.74. The maximum atomic E-state index is 13.3. The summed E-state index contributed by atoms with van der Waals surface area (Å²) >= 11 is 0. The number of hydrogen-bond acceptors (Lipinski definition) is 7. The van der Waals surface area contributed by atoms with Crippen molar-refractivity contribution >= 4 is 33.4 Å². The quantitative estimate of drug-likeness (QED) is 0.334. The Morgan fingerprint density at radius 1 is 1.03 bits per heavy atom. The maximum absolute atomic E-state index is 13.3. The highest BCUT2D eigenvalue weighted by Crippen LogP contribution is 2.37. The zero-order chi connectivity index (χ0) is 26.4. The first kappa shape index (κ1) is 26.1. The van der Waals surface area contributed by atoms with Gasteiger partial charge in [-0.3, -0.25) is 14.6 Å². The molecule has 0 radical (unpaired) electrons. The summed E-state index contributed by atoms with van der Waals surface area (Å²) in [7, 11) is -5.74. The highest BCUT2D eigenvalue weighted by atomic mass is 32.2. The van der Waals surface area contributed by atoms with E-state index in [1.807, 2.05) is 0 Å². The molecule has 2 aromatic rings. The number of hydroxylamine groups is 3. The predicted octanol–water partition coefficient (Wildman–Crippen LogP) is 3.27. The van der Waals surface area contributed by atoms with Gasteiger partial charge < -0.3 is 0 Å². The van der Waals surface area contributed by atoms with Crippen LogP contribution in [0.5, 0.6) is 0 Å². The third-order valence-corrected chi connectivity index (χ3v) is 6.57. The molecule has 1 aromatic heterocycles. The van der Waals surface area contributed by atoms with Crippen LogP contribution in [-0.2, 0) is 30.8 Å². The number of alkyl halides is 6. The number of carbonyl (C=O) groups is 3. The summed E-state index contributed by atoms with van der Waals surface area (Å²) in [6, 6.07) is 1.76. The second-order valence-electron chi connectivity index (χ2n) is 7.26. The molecule has 2 heterocycles. The van der Waals surface area contributed by atoms with E-state index in [1.54, 1.807) is 0 Å². The number of quaternary nitrogens is 1. The van der Waals surface area contributed by atoms with E-state index in [2.05, 4.69) is 9.82 Å². The van der Waals surface area contributed by atoms with Gasteiger partial charge in [0, 0.05) is 24.9 Å². The van der Waals surface area contributed by atoms with E-state index >= 15 is 0 Å². The van der Waals surface area contributed by atoms with Crippen LogP contribution >= 0.6 is 0 Å². The number of carbonyl (C=O) groups excluding carboxylic acids is 3. The first-order chi connectivity index (χ1) is 16.0. The smallest absolute Gasteiger partial charge is 0.267 e. The molecule has 1 aliphatic rings. The van der Waals surface area contributed by atoms with Gasteiger partial charge in [0.05, 0.1) is 10.6 Å². The highest BCUT2D eigenvalue weighted by molar-refractivity contribution is 7.92. The number of pyridine rings is 1. The zero-order valence-electron chi connectivity index (χ0n) is 17.4. The number of sulfone groups is 1. The first-order valence-electron chi connectivity index (χ1n) is 9.39. The van der Waals surface area contributed by atoms with E-state index in [0.29, 0.717) is 29.2 Å². The van der Waals surface area contributed by atoms with Crippen LogP contribution in [0.2, 0.25) is 0 Å². The molecule has 9 nitrogen and oxygen atoms in total. The number of nitrogens with zero attached hydrogens (tertiary/aromatic N) is 3. The molecule has 1 unspecified atom stereocenters. The zero-order valence-corrected chi connectivity index (χ0v) is 18.2. The Balaban J connectivity index is 2.06. The molecule has 35 heavy (non-hydrogen) atoms. The van der Waals surface area contributed by atoms with Crippen molar-refractivity contribution in [2.24, 2.45) is 0 Å². The van der Waals surface area contributed by atoms with Crippen LogP contribution in [0.3, 0.4) is 0 Å². The third-order valence-electron chi connectivity index (χ3n) is 5.07. The minimum Gasteiger partial charge on any atom is -0.267 e. The molecule has 0 aliphatic carbocycles. The SMILES string of the molecule is C[C@@H]1C(=O)N(c2ccc(S(=O)(=O)C(F)(F)F)cc2)C(=O)[N+]1(Cc1ccncc1)OC(=O)C(F)(F)F. The molecule has 0 spiro atoms. The van der Waals surface area contributed by atoms with E-state index in [9.17, 15) is 49.1 Å². The van der Waals surface area contributed by atoms with Crippen molar-refractivity contribution in [2.45, 2.75) is 36.1 Å². The average Bonchev–Trinajstić information content (AvgIpc) is 2.94. The molecular weight excluding hydrogens is 512 g/mol. The van der Waals surface area contributed by atoms with Crippen LogP contribution < -0.4 is 4.90 Å². The van der Waals surface area contributed by atoms with Crippen molar-refractivity contribution < 1.29 is 58.6 Å². The van der Waals surface area contributed by atoms with Crippen molar-refractivity contribution in [3.8, 4) is 0 Å². The van der Waals surface area contributed by atoms with Gasteiger partial charge in [-0.05, 0) is 41.0 Å². The lowest BCUT2D eigenvalue weighted by atomic mass is 10.2. The Morgan fingerprint density at radius 3 is 2.06 bits per heavy atom. The molecule has 16 heteroatoms. The van der Waals surface area contributed by atoms with Crippen LogP contribution in [0.1, 0.15) is 12.5 Å². The number of hydrogen-bond donors (Lipinski definition) is 0. The summed E-state index contributed by atoms with van der Waals surface area (Å²) in [5, 5.41) is 0. The van der Waals surface area contributed by atoms with E-state index < -0.39 is 67.2 Å². The number of imide groups is 1. The van der Waals surface area contributed by atoms with Crippen LogP contribution in [0.15, 0.2) is 53.7 Å². The lowest BCUT2D eigenvalue weighted by molar-refractivity contribution is -1.04. The number of rotatable bonds is 5. The fraction of sp³-hybridized carbons (Fsp3) is 0.263. The lowest BCUT2D eigenvalue weighted by Crippen LogP contribution is -2.57. The van der Waals surface area contributed by atoms with Crippen molar-refractivity contribution in [1.82, 2.24) is 4.98 Å². The van der Waals surface area contributed by atoms with Crippen LogP contribution in [0, 0.1) is 0 Å². The standard InChI is InChI=1S/C19H14F6N3O6S/c1-11-15(29)27(13-2-4-14(5-3-13)35(32,33)19(23,24)25)17(31)28(11,34-16(30)18(20,21)22)10-12-6-8-26-9-7-12/h2-9,11H,10H2,1H3/q+1/t11-,28?/m1/s1. The summed E-state index contributed by atoms with van der Waals surface area (Å²) < 4.78 is 98.6. The van der Waals surface area contributed by atoms with Crippen LogP contribution in [0.4, 0.5) is 36.8 Å². The molecule has 1 fully saturated rings. The minimum absolute atomic E-state index is 0.163.